The number of fused-ring (bicyclic) bond motifs is 2. The molecular weight excluding hydrogens is 542 g/mol. The summed E-state index contributed by atoms with van der Waals surface area (Å²) in [6.45, 7) is 11.4. The molecule has 1 saturated carbocycles. The van der Waals surface area contributed by atoms with Gasteiger partial charge in [-0.2, -0.15) is 4.98 Å². The number of hydrogen-bond acceptors (Lipinski definition) is 8. The Morgan fingerprint density at radius 1 is 1.09 bits per heavy atom. The third-order valence-electron chi connectivity index (χ3n) is 8.41. The van der Waals surface area contributed by atoms with Crippen molar-refractivity contribution in [3.63, 3.8) is 0 Å². The molecule has 11 nitrogen and oxygen atoms in total. The van der Waals surface area contributed by atoms with Crippen molar-refractivity contribution in [3.8, 4) is 5.82 Å². The molecule has 0 spiro atoms. The van der Waals surface area contributed by atoms with Gasteiger partial charge in [-0.3, -0.25) is 4.79 Å². The van der Waals surface area contributed by atoms with E-state index in [4.69, 9.17) is 4.98 Å². The van der Waals surface area contributed by atoms with Crippen LogP contribution in [0.4, 0.5) is 17.3 Å². The molecule has 0 unspecified atom stereocenters. The molecule has 0 atom stereocenters. The van der Waals surface area contributed by atoms with E-state index in [2.05, 4.69) is 67.7 Å². The number of rotatable bonds is 8. The minimum Gasteiger partial charge on any atom is -0.384 e. The van der Waals surface area contributed by atoms with E-state index < -0.39 is 5.60 Å². The lowest BCUT2D eigenvalue weighted by molar-refractivity contribution is 0.0738. The summed E-state index contributed by atoms with van der Waals surface area (Å²) in [5.41, 5.74) is 2.81. The number of aromatic nitrogens is 6. The third kappa shape index (κ3) is 4.98. The molecule has 1 saturated heterocycles. The predicted octanol–water partition coefficient (Wildman–Crippen LogP) is 4.18. The van der Waals surface area contributed by atoms with Crippen LogP contribution >= 0.6 is 0 Å². The first-order valence-electron chi connectivity index (χ1n) is 14.9. The molecular formula is C32H37N9O2. The first kappa shape index (κ1) is 27.4. The van der Waals surface area contributed by atoms with E-state index in [9.17, 15) is 9.90 Å². The molecule has 4 aromatic heterocycles. The van der Waals surface area contributed by atoms with Crippen LogP contribution in [0.1, 0.15) is 38.4 Å². The van der Waals surface area contributed by atoms with Crippen LogP contribution in [0.2, 0.25) is 0 Å². The normalized spacial score (nSPS) is 16.3. The van der Waals surface area contributed by atoms with Crippen LogP contribution in [0.3, 0.4) is 0 Å². The van der Waals surface area contributed by atoms with E-state index in [0.29, 0.717) is 34.5 Å². The quantitative estimate of drug-likeness (QED) is 0.264. The van der Waals surface area contributed by atoms with Gasteiger partial charge in [-0.05, 0) is 64.1 Å². The molecule has 2 N–H and O–H groups in total. The van der Waals surface area contributed by atoms with Crippen LogP contribution in [-0.4, -0.2) is 72.1 Å². The standard InChI is InChI=1S/C32H37N9O2/c1-5-12-40-30(42)24-20-33-31(36-29(24)41(40)28-8-6-7-27(35-28)32(2,3)43)34-21-18-25(38-16-14-37(4)15-17-38)23-11-13-39(22-9-10-22)26(23)19-21/h5-8,11,13,18-20,22,43H,1,9-10,12,14-17H2,2-4H3,(H,33,34,36). The highest BCUT2D eigenvalue weighted by Gasteiger charge is 2.27. The molecule has 0 radical (unpaired) electrons. The average Bonchev–Trinajstić information content (AvgIpc) is 3.68. The number of hydrogen-bond donors (Lipinski definition) is 2. The van der Waals surface area contributed by atoms with Gasteiger partial charge in [0.2, 0.25) is 5.95 Å². The average molecular weight is 580 g/mol. The summed E-state index contributed by atoms with van der Waals surface area (Å²) in [6.07, 6.45) is 7.84. The molecule has 7 rings (SSSR count). The molecule has 222 valence electrons. The van der Waals surface area contributed by atoms with Crippen molar-refractivity contribution in [2.75, 3.05) is 43.4 Å². The number of pyridine rings is 1. The lowest BCUT2D eigenvalue weighted by Crippen LogP contribution is -2.44. The number of nitrogens with zero attached hydrogens (tertiary/aromatic N) is 8. The van der Waals surface area contributed by atoms with Crippen molar-refractivity contribution in [2.24, 2.45) is 0 Å². The molecule has 5 aromatic rings. The summed E-state index contributed by atoms with van der Waals surface area (Å²) < 4.78 is 5.60. The van der Waals surface area contributed by atoms with Crippen LogP contribution in [0.25, 0.3) is 27.8 Å². The van der Waals surface area contributed by atoms with Gasteiger partial charge in [0.05, 0.1) is 17.8 Å². The lowest BCUT2D eigenvalue weighted by Gasteiger charge is -2.34. The Morgan fingerprint density at radius 3 is 2.60 bits per heavy atom. The molecule has 0 bridgehead atoms. The van der Waals surface area contributed by atoms with Gasteiger partial charge in [0.25, 0.3) is 5.56 Å². The minimum atomic E-state index is -1.15. The zero-order chi connectivity index (χ0) is 29.9. The Bertz CT molecular complexity index is 1900. The molecule has 11 heteroatoms. The first-order valence-corrected chi connectivity index (χ1v) is 14.9. The molecule has 1 aliphatic heterocycles. The largest absolute Gasteiger partial charge is 0.384 e. The van der Waals surface area contributed by atoms with Crippen molar-refractivity contribution in [1.82, 2.24) is 33.8 Å². The number of likely N-dealkylation sites (N-methyl/N-ethyl adjacent to an activating group) is 1. The summed E-state index contributed by atoms with van der Waals surface area (Å²) in [6, 6.07) is 12.5. The van der Waals surface area contributed by atoms with Gasteiger partial charge in [0.1, 0.15) is 11.0 Å². The third-order valence-corrected chi connectivity index (χ3v) is 8.41. The molecule has 1 aliphatic carbocycles. The fourth-order valence-corrected chi connectivity index (χ4v) is 5.91. The summed E-state index contributed by atoms with van der Waals surface area (Å²) in [4.78, 5) is 32.4. The number of nitrogens with one attached hydrogen (secondary N) is 1. The fraction of sp³-hybridized carbons (Fsp3) is 0.375. The van der Waals surface area contributed by atoms with Gasteiger partial charge < -0.3 is 24.8 Å². The highest BCUT2D eigenvalue weighted by molar-refractivity contribution is 5.96. The van der Waals surface area contributed by atoms with Crippen LogP contribution in [0, 0.1) is 0 Å². The van der Waals surface area contributed by atoms with Crippen molar-refractivity contribution in [2.45, 2.75) is 44.9 Å². The maximum absolute atomic E-state index is 13.4. The van der Waals surface area contributed by atoms with Crippen molar-refractivity contribution >= 4 is 39.3 Å². The van der Waals surface area contributed by atoms with E-state index in [1.807, 2.05) is 6.07 Å². The first-order chi connectivity index (χ1) is 20.7. The summed E-state index contributed by atoms with van der Waals surface area (Å²) in [7, 11) is 2.17. The lowest BCUT2D eigenvalue weighted by atomic mass is 10.1. The second kappa shape index (κ2) is 10.4. The molecule has 2 aliphatic rings. The molecule has 5 heterocycles. The fourth-order valence-electron chi connectivity index (χ4n) is 5.91. The Balaban J connectivity index is 1.33. The maximum Gasteiger partial charge on any atom is 0.278 e. The topological polar surface area (TPSA) is 109 Å². The number of anilines is 3. The molecule has 0 amide bonds. The second-order valence-corrected chi connectivity index (χ2v) is 12.2. The van der Waals surface area contributed by atoms with E-state index in [0.717, 1.165) is 31.9 Å². The zero-order valence-corrected chi connectivity index (χ0v) is 24.9. The number of allylic oxidation sites excluding steroid dienone is 1. The number of aliphatic hydroxyl groups is 1. The Labute approximate surface area is 249 Å². The minimum absolute atomic E-state index is 0.238. The molecule has 1 aromatic carbocycles. The predicted molar refractivity (Wildman–Crippen MR) is 170 cm³/mol. The van der Waals surface area contributed by atoms with Gasteiger partial charge in [0.15, 0.2) is 11.5 Å². The SMILES string of the molecule is C=CCn1c(=O)c2cnc(Nc3cc(N4CCN(C)CC4)c4ccn(C5CC5)c4c3)nc2n1-c1cccc(C(C)(C)O)n1. The zero-order valence-electron chi connectivity index (χ0n) is 24.9. The summed E-state index contributed by atoms with van der Waals surface area (Å²) in [5, 5.41) is 15.7. The Hall–Kier alpha value is -4.48. The van der Waals surface area contributed by atoms with Crippen molar-refractivity contribution in [3.05, 3.63) is 77.5 Å². The smallest absolute Gasteiger partial charge is 0.278 e. The van der Waals surface area contributed by atoms with Crippen LogP contribution in [0.5, 0.6) is 0 Å². The summed E-state index contributed by atoms with van der Waals surface area (Å²) >= 11 is 0. The maximum atomic E-state index is 13.4. The van der Waals surface area contributed by atoms with Gasteiger partial charge in [-0.15, -0.1) is 6.58 Å². The van der Waals surface area contributed by atoms with Crippen LogP contribution in [0.15, 0.2) is 66.2 Å². The summed E-state index contributed by atoms with van der Waals surface area (Å²) in [5.74, 6) is 0.850. The van der Waals surface area contributed by atoms with Gasteiger partial charge >= 0.3 is 0 Å². The van der Waals surface area contributed by atoms with Crippen molar-refractivity contribution in [1.29, 1.82) is 0 Å². The number of benzene rings is 1. The monoisotopic (exact) mass is 579 g/mol. The van der Waals surface area contributed by atoms with E-state index in [-0.39, 0.29) is 12.1 Å². The molecule has 2 fully saturated rings. The van der Waals surface area contributed by atoms with Crippen LogP contribution < -0.4 is 15.8 Å². The molecule has 43 heavy (non-hydrogen) atoms. The highest BCUT2D eigenvalue weighted by Crippen LogP contribution is 2.41. The number of piperazine rings is 1. The van der Waals surface area contributed by atoms with Crippen molar-refractivity contribution < 1.29 is 5.11 Å². The van der Waals surface area contributed by atoms with Gasteiger partial charge in [-0.25, -0.2) is 19.3 Å². The highest BCUT2D eigenvalue weighted by atomic mass is 16.3. The second-order valence-electron chi connectivity index (χ2n) is 12.2. The van der Waals surface area contributed by atoms with Gasteiger partial charge in [-0.1, -0.05) is 12.1 Å². The van der Waals surface area contributed by atoms with E-state index in [1.165, 1.54) is 34.1 Å². The Kier molecular flexibility index (Phi) is 6.59. The van der Waals surface area contributed by atoms with E-state index >= 15 is 0 Å². The Morgan fingerprint density at radius 2 is 1.88 bits per heavy atom. The van der Waals surface area contributed by atoms with E-state index in [1.54, 1.807) is 42.9 Å². The van der Waals surface area contributed by atoms with Crippen LogP contribution in [-0.2, 0) is 12.1 Å². The van der Waals surface area contributed by atoms with Gasteiger partial charge in [0, 0.05) is 61.4 Å².